The summed E-state index contributed by atoms with van der Waals surface area (Å²) in [5.74, 6) is -0.590. The summed E-state index contributed by atoms with van der Waals surface area (Å²) >= 11 is 8.92. The maximum atomic E-state index is 13.0. The normalized spacial score (nSPS) is 10.2. The van der Waals surface area contributed by atoms with Crippen LogP contribution < -0.4 is 15.8 Å². The minimum Gasteiger partial charge on any atom is -0.484 e. The van der Waals surface area contributed by atoms with E-state index in [4.69, 9.17) is 22.1 Å². The highest BCUT2D eigenvalue weighted by molar-refractivity contribution is 9.10. The molecule has 0 unspecified atom stereocenters. The minimum absolute atomic E-state index is 0.0609. The molecule has 0 saturated carbocycles. The Morgan fingerprint density at radius 3 is 2.76 bits per heavy atom. The largest absolute Gasteiger partial charge is 0.484 e. The van der Waals surface area contributed by atoms with Crippen molar-refractivity contribution in [3.05, 3.63) is 51.7 Å². The Labute approximate surface area is 134 Å². The van der Waals surface area contributed by atoms with Gasteiger partial charge in [0.25, 0.3) is 5.91 Å². The number of amides is 1. The standard InChI is InChI=1S/C14H11BrClFN2O2/c15-10-5-8(18)1-4-13(10)19-14(20)7-21-9-2-3-12(17)11(16)6-9/h1-6H,7,18H2,(H,19,20). The van der Waals surface area contributed by atoms with Crippen LogP contribution in [-0.4, -0.2) is 12.5 Å². The average molecular weight is 374 g/mol. The lowest BCUT2D eigenvalue weighted by Gasteiger charge is -2.09. The van der Waals surface area contributed by atoms with Gasteiger partial charge in [0, 0.05) is 16.2 Å². The maximum absolute atomic E-state index is 13.0. The zero-order valence-corrected chi connectivity index (χ0v) is 13.0. The Kier molecular flexibility index (Phi) is 5.03. The van der Waals surface area contributed by atoms with E-state index >= 15 is 0 Å². The minimum atomic E-state index is -0.542. The highest BCUT2D eigenvalue weighted by Crippen LogP contribution is 2.25. The van der Waals surface area contributed by atoms with Gasteiger partial charge in [-0.1, -0.05) is 11.6 Å². The lowest BCUT2D eigenvalue weighted by atomic mass is 10.3. The van der Waals surface area contributed by atoms with Crippen LogP contribution in [0.4, 0.5) is 15.8 Å². The number of halogens is 3. The van der Waals surface area contributed by atoms with Gasteiger partial charge in [-0.05, 0) is 46.3 Å². The molecule has 0 radical (unpaired) electrons. The van der Waals surface area contributed by atoms with Crippen molar-refractivity contribution in [2.75, 3.05) is 17.7 Å². The summed E-state index contributed by atoms with van der Waals surface area (Å²) in [7, 11) is 0. The van der Waals surface area contributed by atoms with E-state index < -0.39 is 5.82 Å². The topological polar surface area (TPSA) is 64.3 Å². The molecule has 0 atom stereocenters. The molecule has 4 nitrogen and oxygen atoms in total. The van der Waals surface area contributed by atoms with Crippen LogP contribution in [0.2, 0.25) is 5.02 Å². The fourth-order valence-electron chi connectivity index (χ4n) is 1.53. The van der Waals surface area contributed by atoms with Crippen LogP contribution in [0.15, 0.2) is 40.9 Å². The van der Waals surface area contributed by atoms with E-state index in [1.54, 1.807) is 18.2 Å². The Bertz CT molecular complexity index is 682. The Hall–Kier alpha value is -1.79. The van der Waals surface area contributed by atoms with Crippen LogP contribution in [-0.2, 0) is 4.79 Å². The molecule has 1 amide bonds. The number of hydrogen-bond donors (Lipinski definition) is 2. The molecular formula is C14H11BrClFN2O2. The van der Waals surface area contributed by atoms with Crippen molar-refractivity contribution in [1.82, 2.24) is 0 Å². The lowest BCUT2D eigenvalue weighted by molar-refractivity contribution is -0.118. The number of benzene rings is 2. The summed E-state index contributed by atoms with van der Waals surface area (Å²) in [6.45, 7) is -0.223. The molecule has 0 spiro atoms. The predicted molar refractivity (Wildman–Crippen MR) is 84.1 cm³/mol. The molecule has 0 aliphatic rings. The number of nitrogens with one attached hydrogen (secondary N) is 1. The summed E-state index contributed by atoms with van der Waals surface area (Å²) in [5, 5.41) is 2.60. The van der Waals surface area contributed by atoms with Crippen molar-refractivity contribution >= 4 is 44.8 Å². The molecule has 21 heavy (non-hydrogen) atoms. The number of anilines is 2. The highest BCUT2D eigenvalue weighted by atomic mass is 79.9. The van der Waals surface area contributed by atoms with Crippen LogP contribution in [0.1, 0.15) is 0 Å². The second-order valence-electron chi connectivity index (χ2n) is 4.15. The van der Waals surface area contributed by atoms with Gasteiger partial charge in [-0.2, -0.15) is 0 Å². The van der Waals surface area contributed by atoms with E-state index in [1.165, 1.54) is 18.2 Å². The third-order valence-corrected chi connectivity index (χ3v) is 3.47. The molecule has 0 heterocycles. The predicted octanol–water partition coefficient (Wildman–Crippen LogP) is 3.84. The van der Waals surface area contributed by atoms with Gasteiger partial charge in [0.1, 0.15) is 11.6 Å². The fourth-order valence-corrected chi connectivity index (χ4v) is 2.20. The van der Waals surface area contributed by atoms with Crippen LogP contribution >= 0.6 is 27.5 Å². The lowest BCUT2D eigenvalue weighted by Crippen LogP contribution is -2.20. The highest BCUT2D eigenvalue weighted by Gasteiger charge is 2.08. The molecule has 0 aromatic heterocycles. The first-order valence-electron chi connectivity index (χ1n) is 5.88. The smallest absolute Gasteiger partial charge is 0.262 e. The SMILES string of the molecule is Nc1ccc(NC(=O)COc2ccc(F)c(Cl)c2)c(Br)c1. The third kappa shape index (κ3) is 4.34. The number of hydrogen-bond acceptors (Lipinski definition) is 3. The van der Waals surface area contributed by atoms with Gasteiger partial charge in [-0.3, -0.25) is 4.79 Å². The zero-order chi connectivity index (χ0) is 15.4. The first-order chi connectivity index (χ1) is 9.95. The number of nitrogens with two attached hydrogens (primary N) is 1. The quantitative estimate of drug-likeness (QED) is 0.800. The molecule has 0 aliphatic carbocycles. The summed E-state index contributed by atoms with van der Waals surface area (Å²) in [5.41, 5.74) is 6.77. The van der Waals surface area contributed by atoms with E-state index in [-0.39, 0.29) is 17.5 Å². The monoisotopic (exact) mass is 372 g/mol. The van der Waals surface area contributed by atoms with Gasteiger partial charge < -0.3 is 15.8 Å². The molecule has 2 aromatic carbocycles. The van der Waals surface area contributed by atoms with Gasteiger partial charge >= 0.3 is 0 Å². The van der Waals surface area contributed by atoms with Crippen molar-refractivity contribution < 1.29 is 13.9 Å². The number of carbonyl (C=O) groups excluding carboxylic acids is 1. The van der Waals surface area contributed by atoms with Crippen LogP contribution in [0, 0.1) is 5.82 Å². The van der Waals surface area contributed by atoms with E-state index in [2.05, 4.69) is 21.2 Å². The van der Waals surface area contributed by atoms with Crippen molar-refractivity contribution in [1.29, 1.82) is 0 Å². The van der Waals surface area contributed by atoms with Gasteiger partial charge in [0.15, 0.2) is 6.61 Å². The Balaban J connectivity index is 1.94. The van der Waals surface area contributed by atoms with Gasteiger partial charge in [0.2, 0.25) is 0 Å². The summed E-state index contributed by atoms with van der Waals surface area (Å²) < 4.78 is 18.9. The van der Waals surface area contributed by atoms with Crippen molar-refractivity contribution in [2.24, 2.45) is 0 Å². The van der Waals surface area contributed by atoms with Gasteiger partial charge in [-0.15, -0.1) is 0 Å². The van der Waals surface area contributed by atoms with E-state index in [1.807, 2.05) is 0 Å². The zero-order valence-electron chi connectivity index (χ0n) is 10.7. The number of carbonyl (C=O) groups is 1. The molecule has 0 aliphatic heterocycles. The van der Waals surface area contributed by atoms with E-state index in [0.29, 0.717) is 21.6 Å². The van der Waals surface area contributed by atoms with E-state index in [9.17, 15) is 9.18 Å². The van der Waals surface area contributed by atoms with Gasteiger partial charge in [-0.25, -0.2) is 4.39 Å². The summed E-state index contributed by atoms with van der Waals surface area (Å²) in [4.78, 5) is 11.8. The first-order valence-corrected chi connectivity index (χ1v) is 7.05. The molecule has 0 fully saturated rings. The molecule has 3 N–H and O–H groups in total. The van der Waals surface area contributed by atoms with Crippen LogP contribution in [0.3, 0.4) is 0 Å². The molecule has 2 rings (SSSR count). The molecular weight excluding hydrogens is 363 g/mol. The van der Waals surface area contributed by atoms with Crippen LogP contribution in [0.25, 0.3) is 0 Å². The number of rotatable bonds is 4. The fraction of sp³-hybridized carbons (Fsp3) is 0.0714. The maximum Gasteiger partial charge on any atom is 0.262 e. The molecule has 0 bridgehead atoms. The summed E-state index contributed by atoms with van der Waals surface area (Å²) in [6.07, 6.45) is 0. The van der Waals surface area contributed by atoms with E-state index in [0.717, 1.165) is 0 Å². The number of ether oxygens (including phenoxy) is 1. The van der Waals surface area contributed by atoms with Crippen molar-refractivity contribution in [3.63, 3.8) is 0 Å². The second kappa shape index (κ2) is 6.78. The van der Waals surface area contributed by atoms with Crippen molar-refractivity contribution in [2.45, 2.75) is 0 Å². The van der Waals surface area contributed by atoms with Crippen LogP contribution in [0.5, 0.6) is 5.75 Å². The Morgan fingerprint density at radius 1 is 1.33 bits per heavy atom. The molecule has 7 heteroatoms. The third-order valence-electron chi connectivity index (χ3n) is 2.53. The molecule has 0 saturated heterocycles. The average Bonchev–Trinajstić information content (AvgIpc) is 2.43. The summed E-state index contributed by atoms with van der Waals surface area (Å²) in [6, 6.07) is 8.90. The Morgan fingerprint density at radius 2 is 2.10 bits per heavy atom. The van der Waals surface area contributed by atoms with Gasteiger partial charge in [0.05, 0.1) is 10.7 Å². The molecule has 110 valence electrons. The first kappa shape index (κ1) is 15.6. The molecule has 2 aromatic rings. The number of nitrogen functional groups attached to an aromatic ring is 1. The second-order valence-corrected chi connectivity index (χ2v) is 5.41. The van der Waals surface area contributed by atoms with Crippen molar-refractivity contribution in [3.8, 4) is 5.75 Å².